The molecule has 0 aliphatic rings. The van der Waals surface area contributed by atoms with Gasteiger partial charge in [-0.25, -0.2) is 0 Å². The Bertz CT molecular complexity index is 746. The average Bonchev–Trinajstić information content (AvgIpc) is 3.17. The molecule has 1 amide bonds. The van der Waals surface area contributed by atoms with Crippen molar-refractivity contribution in [1.82, 2.24) is 25.0 Å². The van der Waals surface area contributed by atoms with E-state index in [1.165, 1.54) is 0 Å². The molecule has 106 valence electrons. The van der Waals surface area contributed by atoms with Crippen LogP contribution in [0.4, 0.5) is 5.95 Å². The van der Waals surface area contributed by atoms with E-state index in [-0.39, 0.29) is 5.91 Å². The molecular formula is C14H14N6O. The highest BCUT2D eigenvalue weighted by molar-refractivity contribution is 6.02. The number of amides is 1. The van der Waals surface area contributed by atoms with Gasteiger partial charge in [-0.15, -0.1) is 10.2 Å². The van der Waals surface area contributed by atoms with E-state index in [1.807, 2.05) is 37.3 Å². The average molecular weight is 282 g/mol. The molecule has 0 spiro atoms. The number of aryl methyl sites for hydroxylation is 1. The van der Waals surface area contributed by atoms with Gasteiger partial charge in [0, 0.05) is 5.69 Å². The zero-order chi connectivity index (χ0) is 14.7. The first-order valence-corrected chi connectivity index (χ1v) is 6.59. The second-order valence-electron chi connectivity index (χ2n) is 4.45. The fourth-order valence-corrected chi connectivity index (χ4v) is 1.92. The number of nitrogens with one attached hydrogen (secondary N) is 2. The number of para-hydroxylation sites is 1. The number of hydrogen-bond donors (Lipinski definition) is 2. The minimum absolute atomic E-state index is 0.323. The summed E-state index contributed by atoms with van der Waals surface area (Å²) in [4.78, 5) is 12.2. The fraction of sp³-hybridized carbons (Fsp3) is 0.143. The zero-order valence-corrected chi connectivity index (χ0v) is 11.4. The topological polar surface area (TPSA) is 88.5 Å². The van der Waals surface area contributed by atoms with Crippen LogP contribution in [-0.2, 0) is 6.42 Å². The first kappa shape index (κ1) is 13.0. The van der Waals surface area contributed by atoms with E-state index in [4.69, 9.17) is 0 Å². The predicted octanol–water partition coefficient (Wildman–Crippen LogP) is 1.81. The van der Waals surface area contributed by atoms with Gasteiger partial charge in [-0.05, 0) is 24.6 Å². The van der Waals surface area contributed by atoms with Gasteiger partial charge >= 0.3 is 0 Å². The molecule has 0 bridgehead atoms. The number of aromatic nitrogens is 5. The molecule has 0 saturated heterocycles. The summed E-state index contributed by atoms with van der Waals surface area (Å²) < 4.78 is 1.70. The Morgan fingerprint density at radius 1 is 1.33 bits per heavy atom. The Hall–Kier alpha value is -2.96. The first-order valence-electron chi connectivity index (χ1n) is 6.59. The largest absolute Gasteiger partial charge is 0.289 e. The summed E-state index contributed by atoms with van der Waals surface area (Å²) in [5.41, 5.74) is 2.10. The molecule has 0 radical (unpaired) electrons. The van der Waals surface area contributed by atoms with Crippen LogP contribution < -0.4 is 5.32 Å². The Morgan fingerprint density at radius 3 is 2.86 bits per heavy atom. The maximum atomic E-state index is 12.2. The molecule has 2 aromatic heterocycles. The normalized spacial score (nSPS) is 10.5. The molecular weight excluding hydrogens is 268 g/mol. The van der Waals surface area contributed by atoms with Gasteiger partial charge in [-0.2, -0.15) is 5.10 Å². The highest BCUT2D eigenvalue weighted by Crippen LogP contribution is 2.13. The van der Waals surface area contributed by atoms with Crippen LogP contribution in [0.5, 0.6) is 0 Å². The number of benzene rings is 1. The van der Waals surface area contributed by atoms with E-state index in [9.17, 15) is 4.79 Å². The summed E-state index contributed by atoms with van der Waals surface area (Å²) in [5.74, 6) is 0.0309. The van der Waals surface area contributed by atoms with E-state index in [1.54, 1.807) is 17.0 Å². The Morgan fingerprint density at radius 2 is 2.14 bits per heavy atom. The predicted molar refractivity (Wildman–Crippen MR) is 77.3 cm³/mol. The Kier molecular flexibility index (Phi) is 3.46. The molecule has 1 aromatic carbocycles. The lowest BCUT2D eigenvalue weighted by molar-refractivity contribution is 0.102. The molecule has 0 atom stereocenters. The summed E-state index contributed by atoms with van der Waals surface area (Å²) in [5, 5.41) is 17.3. The molecule has 0 aliphatic carbocycles. The van der Waals surface area contributed by atoms with Crippen molar-refractivity contribution in [2.75, 3.05) is 5.32 Å². The molecule has 0 aliphatic heterocycles. The van der Waals surface area contributed by atoms with Crippen molar-refractivity contribution in [1.29, 1.82) is 0 Å². The van der Waals surface area contributed by atoms with Crippen LogP contribution >= 0.6 is 0 Å². The molecule has 2 N–H and O–H groups in total. The van der Waals surface area contributed by atoms with Crippen molar-refractivity contribution < 1.29 is 4.79 Å². The number of carbonyl (C=O) groups is 1. The highest BCUT2D eigenvalue weighted by Gasteiger charge is 2.14. The molecule has 3 rings (SSSR count). The van der Waals surface area contributed by atoms with Crippen LogP contribution in [0, 0.1) is 0 Å². The van der Waals surface area contributed by atoms with Gasteiger partial charge in [0.15, 0.2) is 5.69 Å². The van der Waals surface area contributed by atoms with Crippen molar-refractivity contribution in [2.24, 2.45) is 0 Å². The molecule has 0 unspecified atom stereocenters. The molecule has 7 heteroatoms. The molecule has 7 nitrogen and oxygen atoms in total. The molecule has 3 aromatic rings. The Balaban J connectivity index is 1.83. The third-order valence-electron chi connectivity index (χ3n) is 3.05. The van der Waals surface area contributed by atoms with Gasteiger partial charge in [0.1, 0.15) is 6.33 Å². The monoisotopic (exact) mass is 282 g/mol. The minimum Gasteiger partial charge on any atom is -0.289 e. The lowest BCUT2D eigenvalue weighted by Gasteiger charge is -2.06. The first-order chi connectivity index (χ1) is 10.3. The maximum Gasteiger partial charge on any atom is 0.278 e. The number of nitrogens with zero attached hydrogens (tertiary/aromatic N) is 4. The summed E-state index contributed by atoms with van der Waals surface area (Å²) in [6.45, 7) is 1.99. The number of aromatic amines is 1. The summed E-state index contributed by atoms with van der Waals surface area (Å²) in [6, 6.07) is 11.3. The van der Waals surface area contributed by atoms with E-state index in [2.05, 4.69) is 25.7 Å². The van der Waals surface area contributed by atoms with Crippen molar-refractivity contribution >= 4 is 11.9 Å². The van der Waals surface area contributed by atoms with Crippen molar-refractivity contribution in [2.45, 2.75) is 13.3 Å². The quantitative estimate of drug-likeness (QED) is 0.763. The van der Waals surface area contributed by atoms with Crippen molar-refractivity contribution in [3.8, 4) is 5.69 Å². The van der Waals surface area contributed by atoms with E-state index in [0.717, 1.165) is 17.8 Å². The second-order valence-corrected chi connectivity index (χ2v) is 4.45. The van der Waals surface area contributed by atoms with Gasteiger partial charge in [-0.3, -0.25) is 19.8 Å². The fourth-order valence-electron chi connectivity index (χ4n) is 1.92. The van der Waals surface area contributed by atoms with Crippen LogP contribution in [0.3, 0.4) is 0 Å². The van der Waals surface area contributed by atoms with Crippen LogP contribution in [0.15, 0.2) is 42.7 Å². The number of rotatable bonds is 4. The van der Waals surface area contributed by atoms with Gasteiger partial charge in [0.25, 0.3) is 5.91 Å². The minimum atomic E-state index is -0.323. The molecule has 2 heterocycles. The lowest BCUT2D eigenvalue weighted by Crippen LogP contribution is -2.15. The third kappa shape index (κ3) is 2.66. The van der Waals surface area contributed by atoms with E-state index >= 15 is 0 Å². The summed E-state index contributed by atoms with van der Waals surface area (Å²) in [6.07, 6.45) is 2.34. The van der Waals surface area contributed by atoms with Crippen molar-refractivity contribution in [3.05, 3.63) is 54.1 Å². The Labute approximate surface area is 121 Å². The molecule has 0 saturated carbocycles. The zero-order valence-electron chi connectivity index (χ0n) is 11.4. The van der Waals surface area contributed by atoms with Gasteiger partial charge in [-0.1, -0.05) is 25.1 Å². The van der Waals surface area contributed by atoms with Gasteiger partial charge < -0.3 is 0 Å². The van der Waals surface area contributed by atoms with Crippen LogP contribution in [0.1, 0.15) is 23.1 Å². The van der Waals surface area contributed by atoms with Crippen LogP contribution in [-0.4, -0.2) is 30.9 Å². The van der Waals surface area contributed by atoms with Crippen LogP contribution in [0.2, 0.25) is 0 Å². The molecule has 21 heavy (non-hydrogen) atoms. The standard InChI is InChI=1S/C14H14N6O/c1-2-10-8-12(18-17-10)13(21)16-14-19-15-9-20(14)11-6-4-3-5-7-11/h3-9H,2H2,1H3,(H,17,18)(H,16,19,21). The highest BCUT2D eigenvalue weighted by atomic mass is 16.2. The van der Waals surface area contributed by atoms with E-state index in [0.29, 0.717) is 11.6 Å². The lowest BCUT2D eigenvalue weighted by atomic mass is 10.3. The van der Waals surface area contributed by atoms with Gasteiger partial charge in [0.2, 0.25) is 5.95 Å². The maximum absolute atomic E-state index is 12.2. The number of carbonyl (C=O) groups excluding carboxylic acids is 1. The van der Waals surface area contributed by atoms with Crippen LogP contribution in [0.25, 0.3) is 5.69 Å². The number of H-pyrrole nitrogens is 1. The number of hydrogen-bond acceptors (Lipinski definition) is 4. The smallest absolute Gasteiger partial charge is 0.278 e. The molecule has 0 fully saturated rings. The van der Waals surface area contributed by atoms with Crippen molar-refractivity contribution in [3.63, 3.8) is 0 Å². The van der Waals surface area contributed by atoms with Gasteiger partial charge in [0.05, 0.1) is 5.69 Å². The van der Waals surface area contributed by atoms with E-state index < -0.39 is 0 Å². The SMILES string of the molecule is CCc1cc(C(=O)Nc2nncn2-c2ccccc2)n[nH]1. The number of anilines is 1. The third-order valence-corrected chi connectivity index (χ3v) is 3.05. The second kappa shape index (κ2) is 5.58. The summed E-state index contributed by atoms with van der Waals surface area (Å²) >= 11 is 0. The summed E-state index contributed by atoms with van der Waals surface area (Å²) in [7, 11) is 0.